The lowest BCUT2D eigenvalue weighted by Gasteiger charge is -2.37. The average molecular weight is 476 g/mol. The summed E-state index contributed by atoms with van der Waals surface area (Å²) >= 11 is 0. The predicted octanol–water partition coefficient (Wildman–Crippen LogP) is 3.60. The summed E-state index contributed by atoms with van der Waals surface area (Å²) in [6, 6.07) is 12.0. The number of ether oxygens (including phenoxy) is 1. The van der Waals surface area contributed by atoms with Gasteiger partial charge in [-0.3, -0.25) is 9.69 Å². The van der Waals surface area contributed by atoms with Crippen LogP contribution >= 0.6 is 12.4 Å². The summed E-state index contributed by atoms with van der Waals surface area (Å²) in [6.07, 6.45) is 0.0305. The Morgan fingerprint density at radius 1 is 1.03 bits per heavy atom. The van der Waals surface area contributed by atoms with E-state index in [1.54, 1.807) is 24.3 Å². The van der Waals surface area contributed by atoms with Gasteiger partial charge in [0.1, 0.15) is 17.1 Å². The summed E-state index contributed by atoms with van der Waals surface area (Å²) in [5, 5.41) is 8.88. The van der Waals surface area contributed by atoms with E-state index < -0.39 is 0 Å². The summed E-state index contributed by atoms with van der Waals surface area (Å²) in [6.45, 7) is 10.7. The van der Waals surface area contributed by atoms with E-state index >= 15 is 0 Å². The normalized spacial score (nSPS) is 15.5. The second kappa shape index (κ2) is 10.9. The molecule has 0 saturated carbocycles. The zero-order valence-corrected chi connectivity index (χ0v) is 20.1. The van der Waals surface area contributed by atoms with Crippen molar-refractivity contribution in [2.24, 2.45) is 5.92 Å². The van der Waals surface area contributed by atoms with Gasteiger partial charge in [0.05, 0.1) is 23.7 Å². The van der Waals surface area contributed by atoms with Crippen molar-refractivity contribution >= 4 is 29.0 Å². The van der Waals surface area contributed by atoms with Gasteiger partial charge in [0, 0.05) is 38.8 Å². The molecule has 1 fully saturated rings. The van der Waals surface area contributed by atoms with E-state index in [1.807, 2.05) is 26.0 Å². The monoisotopic (exact) mass is 475 g/mol. The molecule has 4 rings (SSSR count). The van der Waals surface area contributed by atoms with E-state index in [9.17, 15) is 9.18 Å². The Labute approximate surface area is 199 Å². The maximum absolute atomic E-state index is 13.9. The van der Waals surface area contributed by atoms with Crippen LogP contribution in [0.1, 0.15) is 20.8 Å². The minimum absolute atomic E-state index is 0. The number of anilines is 1. The van der Waals surface area contributed by atoms with Crippen molar-refractivity contribution in [2.75, 3.05) is 37.6 Å². The maximum atomic E-state index is 13.9. The van der Waals surface area contributed by atoms with Gasteiger partial charge in [0.25, 0.3) is 5.56 Å². The van der Waals surface area contributed by atoms with E-state index in [4.69, 9.17) is 4.74 Å². The molecule has 1 unspecified atom stereocenters. The molecule has 2 heterocycles. The Kier molecular flexibility index (Phi) is 8.26. The fourth-order valence-electron chi connectivity index (χ4n) is 4.20. The van der Waals surface area contributed by atoms with Gasteiger partial charge in [0.2, 0.25) is 0 Å². The summed E-state index contributed by atoms with van der Waals surface area (Å²) in [5.74, 6) is 0.704. The van der Waals surface area contributed by atoms with E-state index in [0.717, 1.165) is 44.2 Å². The van der Waals surface area contributed by atoms with Gasteiger partial charge < -0.3 is 9.64 Å². The number of rotatable bonds is 7. The van der Waals surface area contributed by atoms with Gasteiger partial charge in [-0.15, -0.1) is 17.5 Å². The van der Waals surface area contributed by atoms with Gasteiger partial charge in [-0.05, 0) is 44.0 Å². The molecule has 1 aromatic heterocycles. The third kappa shape index (κ3) is 6.00. The Balaban J connectivity index is 0.00000306. The Morgan fingerprint density at radius 3 is 2.48 bits per heavy atom. The quantitative estimate of drug-likeness (QED) is 0.520. The lowest BCUT2D eigenvalue weighted by molar-refractivity contribution is 0.208. The summed E-state index contributed by atoms with van der Waals surface area (Å²) in [7, 11) is 0. The molecule has 1 aliphatic rings. The lowest BCUT2D eigenvalue weighted by Crippen LogP contribution is -2.48. The van der Waals surface area contributed by atoms with Crippen LogP contribution in [-0.2, 0) is 6.54 Å². The van der Waals surface area contributed by atoms with Crippen LogP contribution in [0.3, 0.4) is 0 Å². The highest BCUT2D eigenvalue weighted by molar-refractivity contribution is 5.85. The van der Waals surface area contributed by atoms with Crippen LogP contribution in [0.15, 0.2) is 47.3 Å². The number of nitrogens with zero attached hydrogens (tertiary/aromatic N) is 5. The van der Waals surface area contributed by atoms with Crippen LogP contribution in [0.25, 0.3) is 10.9 Å². The van der Waals surface area contributed by atoms with Crippen LogP contribution in [0.4, 0.5) is 10.1 Å². The van der Waals surface area contributed by atoms with Gasteiger partial charge in [-0.25, -0.2) is 9.07 Å². The SMILES string of the molecule is CC(CN1CCN(c2cc(F)ccc2OC(C)C)CC1)Cn1nnc2ccccc2c1=O.Cl. The highest BCUT2D eigenvalue weighted by atomic mass is 35.5. The zero-order chi connectivity index (χ0) is 22.7. The molecule has 7 nitrogen and oxygen atoms in total. The fraction of sp³-hybridized carbons (Fsp3) is 0.458. The number of halogens is 2. The first-order chi connectivity index (χ1) is 15.4. The van der Waals surface area contributed by atoms with Crippen molar-refractivity contribution in [3.05, 3.63) is 58.6 Å². The summed E-state index contributed by atoms with van der Waals surface area (Å²) in [4.78, 5) is 17.2. The number of benzene rings is 2. The van der Waals surface area contributed by atoms with Crippen molar-refractivity contribution in [3.8, 4) is 5.75 Å². The molecule has 9 heteroatoms. The van der Waals surface area contributed by atoms with Gasteiger partial charge in [-0.1, -0.05) is 24.3 Å². The first-order valence-corrected chi connectivity index (χ1v) is 11.2. The van der Waals surface area contributed by atoms with E-state index in [0.29, 0.717) is 17.4 Å². The standard InChI is InChI=1S/C24H30FN5O2.ClH/c1-17(2)32-23-9-8-19(25)14-22(23)29-12-10-28(11-13-29)15-18(3)16-30-24(31)20-6-4-5-7-21(20)26-27-30;/h4-9,14,17-18H,10-13,15-16H2,1-3H3;1H. The number of fused-ring (bicyclic) bond motifs is 1. The topological polar surface area (TPSA) is 63.5 Å². The predicted molar refractivity (Wildman–Crippen MR) is 131 cm³/mol. The zero-order valence-electron chi connectivity index (χ0n) is 19.3. The first-order valence-electron chi connectivity index (χ1n) is 11.2. The van der Waals surface area contributed by atoms with Gasteiger partial charge >= 0.3 is 0 Å². The minimum Gasteiger partial charge on any atom is -0.489 e. The molecule has 0 radical (unpaired) electrons. The Morgan fingerprint density at radius 2 is 1.76 bits per heavy atom. The third-order valence-corrected chi connectivity index (χ3v) is 5.68. The van der Waals surface area contributed by atoms with Crippen LogP contribution in [-0.4, -0.2) is 58.7 Å². The average Bonchev–Trinajstić information content (AvgIpc) is 2.77. The van der Waals surface area contributed by atoms with Crippen LogP contribution in [0, 0.1) is 11.7 Å². The van der Waals surface area contributed by atoms with Gasteiger partial charge in [-0.2, -0.15) is 0 Å². The molecule has 0 aliphatic carbocycles. The number of hydrogen-bond acceptors (Lipinski definition) is 6. The second-order valence-corrected chi connectivity index (χ2v) is 8.77. The van der Waals surface area contributed by atoms with Crippen molar-refractivity contribution in [1.29, 1.82) is 0 Å². The van der Waals surface area contributed by atoms with Crippen molar-refractivity contribution in [1.82, 2.24) is 19.9 Å². The maximum Gasteiger partial charge on any atom is 0.277 e. The molecule has 0 amide bonds. The van der Waals surface area contributed by atoms with Crippen molar-refractivity contribution < 1.29 is 9.13 Å². The third-order valence-electron chi connectivity index (χ3n) is 5.68. The molecule has 0 N–H and O–H groups in total. The summed E-state index contributed by atoms with van der Waals surface area (Å²) < 4.78 is 21.2. The fourth-order valence-corrected chi connectivity index (χ4v) is 4.20. The van der Waals surface area contributed by atoms with Crippen LogP contribution in [0.5, 0.6) is 5.75 Å². The molecular weight excluding hydrogens is 445 g/mol. The van der Waals surface area contributed by atoms with Crippen molar-refractivity contribution in [2.45, 2.75) is 33.4 Å². The van der Waals surface area contributed by atoms with Crippen LogP contribution < -0.4 is 15.2 Å². The molecule has 2 aromatic carbocycles. The largest absolute Gasteiger partial charge is 0.489 e. The van der Waals surface area contributed by atoms with E-state index in [1.165, 1.54) is 10.7 Å². The smallest absolute Gasteiger partial charge is 0.277 e. The van der Waals surface area contributed by atoms with Gasteiger partial charge in [0.15, 0.2) is 0 Å². The lowest BCUT2D eigenvalue weighted by atomic mass is 10.1. The first kappa shape index (κ1) is 24.9. The highest BCUT2D eigenvalue weighted by Gasteiger charge is 2.22. The molecule has 1 atom stereocenters. The second-order valence-electron chi connectivity index (χ2n) is 8.77. The Hall–Kier alpha value is -2.71. The van der Waals surface area contributed by atoms with E-state index in [2.05, 4.69) is 27.0 Å². The number of piperazine rings is 1. The highest BCUT2D eigenvalue weighted by Crippen LogP contribution is 2.31. The van der Waals surface area contributed by atoms with Crippen molar-refractivity contribution in [3.63, 3.8) is 0 Å². The molecule has 33 heavy (non-hydrogen) atoms. The summed E-state index contributed by atoms with van der Waals surface area (Å²) in [5.41, 5.74) is 1.33. The molecule has 178 valence electrons. The molecule has 0 spiro atoms. The number of aromatic nitrogens is 3. The molecule has 1 saturated heterocycles. The van der Waals surface area contributed by atoms with E-state index in [-0.39, 0.29) is 35.8 Å². The molecule has 0 bridgehead atoms. The van der Waals surface area contributed by atoms with Crippen LogP contribution in [0.2, 0.25) is 0 Å². The number of hydrogen-bond donors (Lipinski definition) is 0. The molecule has 1 aliphatic heterocycles. The Bertz CT molecular complexity index is 1130. The molecule has 3 aromatic rings. The minimum atomic E-state index is -0.255. The molecular formula is C24H31ClFN5O2.